The Morgan fingerprint density at radius 2 is 1.56 bits per heavy atom. The van der Waals surface area contributed by atoms with Gasteiger partial charge in [-0.25, -0.2) is 14.8 Å². The number of methoxy groups -OCH3 is 1. The van der Waals surface area contributed by atoms with Crippen LogP contribution in [0.15, 0.2) is 48.7 Å². The zero-order chi connectivity index (χ0) is 53.7. The average molecular weight is 1020 g/mol. The van der Waals surface area contributed by atoms with E-state index < -0.39 is 47.4 Å². The van der Waals surface area contributed by atoms with E-state index in [1.165, 1.54) is 14.0 Å². The van der Waals surface area contributed by atoms with Gasteiger partial charge in [-0.1, -0.05) is 20.8 Å². The number of aromatic amines is 2. The van der Waals surface area contributed by atoms with Crippen molar-refractivity contribution in [3.05, 3.63) is 111 Å². The van der Waals surface area contributed by atoms with Gasteiger partial charge < -0.3 is 46.8 Å². The van der Waals surface area contributed by atoms with E-state index in [-0.39, 0.29) is 66.8 Å². The summed E-state index contributed by atoms with van der Waals surface area (Å²) < 4.78 is 5.25. The summed E-state index contributed by atoms with van der Waals surface area (Å²) in [7, 11) is 3.07. The zero-order valence-electron chi connectivity index (χ0n) is 42.9. The lowest BCUT2D eigenvalue weighted by Crippen LogP contribution is -2.43. The maximum atomic E-state index is 14.5. The van der Waals surface area contributed by atoms with Crippen molar-refractivity contribution in [1.82, 2.24) is 50.5 Å². The first-order valence-corrected chi connectivity index (χ1v) is 24.8. The number of H-pyrrole nitrogens is 2. The maximum absolute atomic E-state index is 14.5. The predicted octanol–water partition coefficient (Wildman–Crippen LogP) is 6.48. The lowest BCUT2D eigenvalue weighted by molar-refractivity contribution is -0.142. The smallest absolute Gasteiger partial charge is 0.326 e. The summed E-state index contributed by atoms with van der Waals surface area (Å²) in [5.74, 6) is -5.67. The third-order valence-electron chi connectivity index (χ3n) is 14.9. The van der Waals surface area contributed by atoms with Crippen molar-refractivity contribution in [1.29, 1.82) is 0 Å². The molecule has 21 nitrogen and oxygen atoms in total. The molecule has 5 aromatic heterocycles. The minimum absolute atomic E-state index is 0.00120. The molecule has 6 atom stereocenters. The van der Waals surface area contributed by atoms with E-state index in [4.69, 9.17) is 26.2 Å². The summed E-state index contributed by atoms with van der Waals surface area (Å²) in [4.78, 5) is 117. The second kappa shape index (κ2) is 20.4. The Kier molecular flexibility index (Phi) is 13.9. The fraction of sp³-hybridized carbons (Fsp3) is 0.370. The molecule has 0 saturated heterocycles. The molecular formula is C54H59N13O8. The van der Waals surface area contributed by atoms with Crippen LogP contribution in [-0.4, -0.2) is 107 Å². The number of carbonyl (C=O) groups is 6. The van der Waals surface area contributed by atoms with Crippen LogP contribution in [0.2, 0.25) is 0 Å². The summed E-state index contributed by atoms with van der Waals surface area (Å²) in [6.45, 7) is 11.7. The van der Waals surface area contributed by atoms with Gasteiger partial charge in [0.05, 0.1) is 42.3 Å². The van der Waals surface area contributed by atoms with Crippen molar-refractivity contribution in [3.8, 4) is 0 Å². The van der Waals surface area contributed by atoms with Crippen LogP contribution < -0.4 is 27.0 Å². The van der Waals surface area contributed by atoms with Gasteiger partial charge in [-0.05, 0) is 93.6 Å². The molecule has 75 heavy (non-hydrogen) atoms. The Labute approximate surface area is 430 Å². The van der Waals surface area contributed by atoms with E-state index in [0.29, 0.717) is 84.6 Å². The highest BCUT2D eigenvalue weighted by Gasteiger charge is 2.45. The summed E-state index contributed by atoms with van der Waals surface area (Å²) in [5.41, 5.74) is 21.6. The maximum Gasteiger partial charge on any atom is 0.326 e. The third kappa shape index (κ3) is 9.60. The number of hydrogen-bond donors (Lipinski definition) is 7. The third-order valence-corrected chi connectivity index (χ3v) is 14.9. The van der Waals surface area contributed by atoms with Crippen LogP contribution in [0.3, 0.4) is 0 Å². The number of nitrogens with two attached hydrogens (primary N) is 2. The number of nitrogens with one attached hydrogen (secondary N) is 4. The molecule has 1 aromatic carbocycles. The highest BCUT2D eigenvalue weighted by molar-refractivity contribution is 6.23. The number of aromatic nitrogens is 8. The van der Waals surface area contributed by atoms with Gasteiger partial charge in [0.25, 0.3) is 5.91 Å². The van der Waals surface area contributed by atoms with Crippen LogP contribution in [0.5, 0.6) is 0 Å². The number of fused-ring (bicyclic) bond motifs is 9. The second-order valence-corrected chi connectivity index (χ2v) is 19.6. The van der Waals surface area contributed by atoms with Gasteiger partial charge in [0.2, 0.25) is 11.9 Å². The molecule has 9 rings (SSSR count). The molecule has 9 N–H and O–H groups in total. The number of esters is 1. The van der Waals surface area contributed by atoms with Crippen LogP contribution in [0, 0.1) is 13.8 Å². The predicted molar refractivity (Wildman–Crippen MR) is 280 cm³/mol. The Balaban J connectivity index is 0.946. The van der Waals surface area contributed by atoms with Crippen molar-refractivity contribution in [2.24, 2.45) is 0 Å². The van der Waals surface area contributed by atoms with Crippen LogP contribution >= 0.6 is 0 Å². The molecule has 2 unspecified atom stereocenters. The summed E-state index contributed by atoms with van der Waals surface area (Å²) >= 11 is 0. The Hall–Kier alpha value is -8.62. The first kappa shape index (κ1) is 51.3. The zero-order valence-corrected chi connectivity index (χ0v) is 42.9. The number of nitrogens with zero attached hydrogens (tertiary/aromatic N) is 7. The molecule has 2 aliphatic heterocycles. The summed E-state index contributed by atoms with van der Waals surface area (Å²) in [6, 6.07) is 11.2. The van der Waals surface area contributed by atoms with Crippen molar-refractivity contribution >= 4 is 86.0 Å². The largest absolute Gasteiger partial charge is 0.480 e. The molecule has 0 saturated carbocycles. The lowest BCUT2D eigenvalue weighted by atomic mass is 9.83. The molecule has 2 amide bonds. The topological polar surface area (TPSA) is 320 Å². The van der Waals surface area contributed by atoms with E-state index in [2.05, 4.69) is 54.4 Å². The van der Waals surface area contributed by atoms with Gasteiger partial charge in [-0.2, -0.15) is 9.97 Å². The minimum Gasteiger partial charge on any atom is -0.480 e. The van der Waals surface area contributed by atoms with E-state index in [9.17, 15) is 33.9 Å². The SMILES string of the molecule is CC[C@H]1c2cc3[nH]c4c(c3C)C(=O)C(C(=O)OC)c4c3nc(cc4[nH]c(cc(n2)[C@@H]1C)c(C(C)=O)c4C)[C@@H](C)[C@@H]3CCC(=O)NC(CCNC(=O)c1ccc(N(C)Cc2cnc3nc(N)nc(N)c3n2)cc1)C(=O)O. The van der Waals surface area contributed by atoms with Crippen LogP contribution in [0.4, 0.5) is 17.5 Å². The number of anilines is 3. The number of carbonyl (C=O) groups excluding carboxylic acids is 5. The number of hydrogen-bond acceptors (Lipinski definition) is 16. The standard InChI is InChI=1S/C54H59N13O8/c1-9-31-23(2)34-20-39-41(27(6)68)25(4)36(61-39)18-35-24(3)32(45(63-35)43-44(53(74)75-8)48(70)42-26(5)37(64-46(42)43)19-38(31)60-34)14-15-40(69)62-33(52(72)73)16-17-57-51(71)28-10-12-30(13-11-28)67(7)22-29-21-58-50-47(59-29)49(55)65-54(56)66-50/h10-13,18-21,23-24,31-33,44,61,64H,9,14-17,22H2,1-8H3,(H,57,71)(H,62,69)(H,72,73)(H4,55,56,58,65,66)/t23-,24+,31-,32+,33?,44?/m1/s1. The number of aliphatic carboxylic acids is 1. The van der Waals surface area contributed by atoms with E-state index in [1.807, 2.05) is 50.9 Å². The van der Waals surface area contributed by atoms with Gasteiger partial charge in [0.1, 0.15) is 12.0 Å². The highest BCUT2D eigenvalue weighted by Crippen LogP contribution is 2.48. The number of aryl methyl sites for hydroxylation is 2. The quantitative estimate of drug-likeness (QED) is 0.0329. The van der Waals surface area contributed by atoms with Crippen molar-refractivity contribution in [2.75, 3.05) is 37.1 Å². The number of benzene rings is 1. The monoisotopic (exact) mass is 1020 g/mol. The fourth-order valence-electron chi connectivity index (χ4n) is 10.8. The Morgan fingerprint density at radius 1 is 0.880 bits per heavy atom. The van der Waals surface area contributed by atoms with Gasteiger partial charge in [0.15, 0.2) is 28.5 Å². The summed E-state index contributed by atoms with van der Waals surface area (Å²) in [5, 5.41) is 15.6. The minimum atomic E-state index is -1.34. The number of rotatable bonds is 15. The van der Waals surface area contributed by atoms with Crippen molar-refractivity contribution in [2.45, 2.75) is 109 Å². The normalized spacial score (nSPS) is 18.2. The summed E-state index contributed by atoms with van der Waals surface area (Å²) in [6.07, 6.45) is 2.25. The number of ketones is 2. The molecule has 8 bridgehead atoms. The molecule has 388 valence electrons. The molecular weight excluding hydrogens is 959 g/mol. The Bertz CT molecular complexity index is 3530. The molecule has 1 aliphatic carbocycles. The first-order chi connectivity index (χ1) is 35.8. The number of carboxylic acids is 1. The van der Waals surface area contributed by atoms with E-state index in [1.54, 1.807) is 30.5 Å². The lowest BCUT2D eigenvalue weighted by Gasteiger charge is -2.20. The average Bonchev–Trinajstić information content (AvgIpc) is 4.15. The molecule has 6 aromatic rings. The van der Waals surface area contributed by atoms with Crippen molar-refractivity contribution < 1.29 is 38.6 Å². The van der Waals surface area contributed by atoms with Gasteiger partial charge in [-0.15, -0.1) is 0 Å². The number of ether oxygens (including phenoxy) is 1. The van der Waals surface area contributed by atoms with Gasteiger partial charge >= 0.3 is 11.9 Å². The number of Topliss-reactive ketones (excluding diaryl/α,β-unsaturated/α-hetero) is 2. The molecule has 0 radical (unpaired) electrons. The van der Waals surface area contributed by atoms with Crippen LogP contribution in [0.1, 0.15) is 159 Å². The highest BCUT2D eigenvalue weighted by atomic mass is 16.5. The van der Waals surface area contributed by atoms with Gasteiger partial charge in [0, 0.05) is 99.7 Å². The molecule has 0 spiro atoms. The fourth-order valence-corrected chi connectivity index (χ4v) is 10.8. The number of amides is 2. The molecule has 3 aliphatic rings. The van der Waals surface area contributed by atoms with Crippen LogP contribution in [-0.2, 0) is 25.7 Å². The molecule has 7 heterocycles. The Morgan fingerprint density at radius 3 is 2.25 bits per heavy atom. The van der Waals surface area contributed by atoms with E-state index >= 15 is 0 Å². The number of nitrogen functional groups attached to an aromatic ring is 2. The molecule has 21 heteroatoms. The number of carboxylic acid groups (broad SMARTS) is 1. The van der Waals surface area contributed by atoms with Crippen LogP contribution in [0.25, 0.3) is 33.2 Å². The van der Waals surface area contributed by atoms with Gasteiger partial charge in [-0.3, -0.25) is 33.9 Å². The first-order valence-electron chi connectivity index (χ1n) is 24.8. The second-order valence-electron chi connectivity index (χ2n) is 19.6. The molecule has 0 fully saturated rings. The van der Waals surface area contributed by atoms with Crippen molar-refractivity contribution in [3.63, 3.8) is 0 Å². The van der Waals surface area contributed by atoms with E-state index in [0.717, 1.165) is 23.5 Å².